The molecule has 7 heteroatoms. The van der Waals surface area contributed by atoms with Gasteiger partial charge in [-0.25, -0.2) is 17.1 Å². The Bertz CT molecular complexity index is 802. The highest BCUT2D eigenvalue weighted by Crippen LogP contribution is 2.14. The molecule has 0 aliphatic carbocycles. The Kier molecular flexibility index (Phi) is 5.12. The monoisotopic (exact) mass is 336 g/mol. The summed E-state index contributed by atoms with van der Waals surface area (Å²) in [6, 6.07) is 11.6. The zero-order valence-electron chi connectivity index (χ0n) is 12.8. The molecule has 2 rings (SSSR count). The summed E-state index contributed by atoms with van der Waals surface area (Å²) in [5.74, 6) is -0.870. The topological polar surface area (TPSA) is 66.5 Å². The Morgan fingerprint density at radius 3 is 2.35 bits per heavy atom. The number of sulfonamides is 1. The minimum atomic E-state index is -3.47. The first-order valence-corrected chi connectivity index (χ1v) is 8.30. The van der Waals surface area contributed by atoms with E-state index in [1.807, 2.05) is 0 Å². The van der Waals surface area contributed by atoms with Crippen molar-refractivity contribution >= 4 is 15.9 Å². The van der Waals surface area contributed by atoms with Crippen LogP contribution in [0.3, 0.4) is 0 Å². The average molecular weight is 336 g/mol. The summed E-state index contributed by atoms with van der Waals surface area (Å²) >= 11 is 0. The number of hydrogen-bond donors (Lipinski definition) is 1. The quantitative estimate of drug-likeness (QED) is 0.908. The molecule has 0 aliphatic heterocycles. The largest absolute Gasteiger partial charge is 0.348 e. The zero-order valence-corrected chi connectivity index (χ0v) is 13.6. The molecule has 0 aliphatic rings. The van der Waals surface area contributed by atoms with E-state index in [-0.39, 0.29) is 17.0 Å². The van der Waals surface area contributed by atoms with Crippen LogP contribution in [0.5, 0.6) is 0 Å². The van der Waals surface area contributed by atoms with Crippen LogP contribution >= 0.6 is 0 Å². The van der Waals surface area contributed by atoms with Gasteiger partial charge in [0, 0.05) is 26.2 Å². The second kappa shape index (κ2) is 6.89. The predicted molar refractivity (Wildman–Crippen MR) is 84.9 cm³/mol. The molecule has 122 valence electrons. The van der Waals surface area contributed by atoms with Crippen molar-refractivity contribution in [3.05, 3.63) is 65.5 Å². The van der Waals surface area contributed by atoms with Crippen molar-refractivity contribution in [2.75, 3.05) is 14.1 Å². The van der Waals surface area contributed by atoms with Crippen LogP contribution in [0.25, 0.3) is 0 Å². The minimum absolute atomic E-state index is 0.183. The highest BCUT2D eigenvalue weighted by molar-refractivity contribution is 7.89. The van der Waals surface area contributed by atoms with E-state index in [0.29, 0.717) is 0 Å². The number of halogens is 1. The lowest BCUT2D eigenvalue weighted by atomic mass is 10.2. The minimum Gasteiger partial charge on any atom is -0.348 e. The van der Waals surface area contributed by atoms with Crippen molar-refractivity contribution in [1.29, 1.82) is 0 Å². The van der Waals surface area contributed by atoms with Gasteiger partial charge < -0.3 is 5.32 Å². The summed E-state index contributed by atoms with van der Waals surface area (Å²) in [6.07, 6.45) is 0. The molecule has 0 aromatic heterocycles. The molecule has 23 heavy (non-hydrogen) atoms. The smallest absolute Gasteiger partial charge is 0.251 e. The molecule has 2 aromatic rings. The SMILES string of the molecule is CN(C)S(=O)(=O)c1ccc(CNC(=O)c2cccc(F)c2)cc1. The number of carbonyl (C=O) groups is 1. The predicted octanol–water partition coefficient (Wildman–Crippen LogP) is 2.01. The Morgan fingerprint density at radius 2 is 1.78 bits per heavy atom. The van der Waals surface area contributed by atoms with Crippen molar-refractivity contribution in [1.82, 2.24) is 9.62 Å². The van der Waals surface area contributed by atoms with Crippen molar-refractivity contribution in [3.63, 3.8) is 0 Å². The summed E-state index contributed by atoms with van der Waals surface area (Å²) in [7, 11) is -0.547. The lowest BCUT2D eigenvalue weighted by molar-refractivity contribution is 0.0950. The summed E-state index contributed by atoms with van der Waals surface area (Å²) in [5, 5.41) is 2.66. The molecule has 2 aromatic carbocycles. The summed E-state index contributed by atoms with van der Waals surface area (Å²) in [6.45, 7) is 0.220. The van der Waals surface area contributed by atoms with Crippen molar-refractivity contribution in [2.24, 2.45) is 0 Å². The fourth-order valence-electron chi connectivity index (χ4n) is 1.90. The average Bonchev–Trinajstić information content (AvgIpc) is 2.52. The van der Waals surface area contributed by atoms with Crippen LogP contribution in [0.2, 0.25) is 0 Å². The van der Waals surface area contributed by atoms with E-state index < -0.39 is 21.7 Å². The van der Waals surface area contributed by atoms with E-state index in [4.69, 9.17) is 0 Å². The fourth-order valence-corrected chi connectivity index (χ4v) is 2.81. The summed E-state index contributed by atoms with van der Waals surface area (Å²) < 4.78 is 38.1. The summed E-state index contributed by atoms with van der Waals surface area (Å²) in [5.41, 5.74) is 0.976. The first-order valence-electron chi connectivity index (χ1n) is 6.86. The van der Waals surface area contributed by atoms with Gasteiger partial charge in [0.15, 0.2) is 0 Å². The lowest BCUT2D eigenvalue weighted by Gasteiger charge is -2.12. The van der Waals surface area contributed by atoms with Gasteiger partial charge in [0.25, 0.3) is 5.91 Å². The number of benzene rings is 2. The summed E-state index contributed by atoms with van der Waals surface area (Å²) in [4.78, 5) is 12.1. The van der Waals surface area contributed by atoms with Crippen molar-refractivity contribution < 1.29 is 17.6 Å². The molecule has 0 saturated carbocycles. The molecule has 0 atom stereocenters. The molecule has 0 heterocycles. The van der Waals surface area contributed by atoms with Crippen LogP contribution in [0, 0.1) is 5.82 Å². The molecule has 0 unspecified atom stereocenters. The Labute approximate surface area is 134 Å². The Balaban J connectivity index is 2.03. The Morgan fingerprint density at radius 1 is 1.13 bits per heavy atom. The van der Waals surface area contributed by atoms with E-state index in [9.17, 15) is 17.6 Å². The number of carbonyl (C=O) groups excluding carboxylic acids is 1. The highest BCUT2D eigenvalue weighted by atomic mass is 32.2. The van der Waals surface area contributed by atoms with Crippen LogP contribution in [-0.4, -0.2) is 32.7 Å². The molecule has 5 nitrogen and oxygen atoms in total. The maximum absolute atomic E-state index is 13.1. The molecule has 0 saturated heterocycles. The van der Waals surface area contributed by atoms with Gasteiger partial charge in [0.05, 0.1) is 4.90 Å². The van der Waals surface area contributed by atoms with Crippen LogP contribution < -0.4 is 5.32 Å². The maximum Gasteiger partial charge on any atom is 0.251 e. The molecular weight excluding hydrogens is 319 g/mol. The van der Waals surface area contributed by atoms with Gasteiger partial charge in [-0.05, 0) is 35.9 Å². The van der Waals surface area contributed by atoms with Crippen molar-refractivity contribution in [3.8, 4) is 0 Å². The first kappa shape index (κ1) is 17.1. The highest BCUT2D eigenvalue weighted by Gasteiger charge is 2.16. The molecular formula is C16H17FN2O3S. The fraction of sp³-hybridized carbons (Fsp3) is 0.188. The second-order valence-electron chi connectivity index (χ2n) is 5.12. The molecule has 0 radical (unpaired) electrons. The van der Waals surface area contributed by atoms with Crippen LogP contribution in [0.1, 0.15) is 15.9 Å². The molecule has 1 N–H and O–H groups in total. The third-order valence-corrected chi connectivity index (χ3v) is 5.07. The van der Waals surface area contributed by atoms with Crippen LogP contribution in [0.15, 0.2) is 53.4 Å². The molecule has 1 amide bonds. The molecule has 0 fully saturated rings. The van der Waals surface area contributed by atoms with Crippen LogP contribution in [-0.2, 0) is 16.6 Å². The van der Waals surface area contributed by atoms with Crippen LogP contribution in [0.4, 0.5) is 4.39 Å². The second-order valence-corrected chi connectivity index (χ2v) is 7.28. The lowest BCUT2D eigenvalue weighted by Crippen LogP contribution is -2.23. The third-order valence-electron chi connectivity index (χ3n) is 3.24. The van der Waals surface area contributed by atoms with Gasteiger partial charge in [-0.2, -0.15) is 0 Å². The molecule has 0 bridgehead atoms. The Hall–Kier alpha value is -2.25. The zero-order chi connectivity index (χ0) is 17.0. The number of amides is 1. The number of nitrogens with zero attached hydrogens (tertiary/aromatic N) is 1. The number of nitrogens with one attached hydrogen (secondary N) is 1. The number of hydrogen-bond acceptors (Lipinski definition) is 3. The van der Waals surface area contributed by atoms with Gasteiger partial charge in [0.2, 0.25) is 10.0 Å². The number of rotatable bonds is 5. The van der Waals surface area contributed by atoms with E-state index in [2.05, 4.69) is 5.32 Å². The maximum atomic E-state index is 13.1. The first-order chi connectivity index (χ1) is 10.8. The normalized spacial score (nSPS) is 11.5. The van der Waals surface area contributed by atoms with E-state index >= 15 is 0 Å². The van der Waals surface area contributed by atoms with Gasteiger partial charge >= 0.3 is 0 Å². The van der Waals surface area contributed by atoms with Gasteiger partial charge in [-0.3, -0.25) is 4.79 Å². The van der Waals surface area contributed by atoms with E-state index in [0.717, 1.165) is 15.9 Å². The molecule has 0 spiro atoms. The van der Waals surface area contributed by atoms with Gasteiger partial charge in [-0.1, -0.05) is 18.2 Å². The van der Waals surface area contributed by atoms with Gasteiger partial charge in [0.1, 0.15) is 5.82 Å². The van der Waals surface area contributed by atoms with E-state index in [1.165, 1.54) is 44.4 Å². The third kappa shape index (κ3) is 4.14. The van der Waals surface area contributed by atoms with Gasteiger partial charge in [-0.15, -0.1) is 0 Å². The van der Waals surface area contributed by atoms with E-state index in [1.54, 1.807) is 12.1 Å². The van der Waals surface area contributed by atoms with Crippen molar-refractivity contribution in [2.45, 2.75) is 11.4 Å². The standard InChI is InChI=1S/C16H17FN2O3S/c1-19(2)23(21,22)15-8-6-12(7-9-15)11-18-16(20)13-4-3-5-14(17)10-13/h3-10H,11H2,1-2H3,(H,18,20).